The Kier molecular flexibility index (Phi) is 4.16. The molecule has 0 aromatic heterocycles. The van der Waals surface area contributed by atoms with Crippen molar-refractivity contribution in [2.24, 2.45) is 5.92 Å². The van der Waals surface area contributed by atoms with Crippen molar-refractivity contribution in [1.29, 1.82) is 0 Å². The largest absolute Gasteiger partial charge is 0.389 e. The maximum Gasteiger partial charge on any atom is 0.0774 e. The molecule has 1 N–H and O–H groups in total. The molecule has 0 radical (unpaired) electrons. The van der Waals surface area contributed by atoms with Crippen LogP contribution in [0.4, 0.5) is 0 Å². The fourth-order valence-electron chi connectivity index (χ4n) is 4.66. The van der Waals surface area contributed by atoms with Crippen LogP contribution in [0.3, 0.4) is 0 Å². The molecular formula is C16H30N2O. The van der Waals surface area contributed by atoms with Crippen LogP contribution in [0.5, 0.6) is 0 Å². The highest BCUT2D eigenvalue weighted by Gasteiger charge is 2.37. The maximum atomic E-state index is 10.7. The highest BCUT2D eigenvalue weighted by atomic mass is 16.3. The molecule has 2 aliphatic heterocycles. The summed E-state index contributed by atoms with van der Waals surface area (Å²) < 4.78 is 0. The van der Waals surface area contributed by atoms with E-state index in [0.29, 0.717) is 0 Å². The van der Waals surface area contributed by atoms with Crippen LogP contribution in [0, 0.1) is 5.92 Å². The molecule has 2 heterocycles. The van der Waals surface area contributed by atoms with Gasteiger partial charge in [0.25, 0.3) is 0 Å². The Morgan fingerprint density at radius 2 is 1.84 bits per heavy atom. The first-order chi connectivity index (χ1) is 9.16. The summed E-state index contributed by atoms with van der Waals surface area (Å²) in [5, 5.41) is 10.7. The lowest BCUT2D eigenvalue weighted by atomic mass is 9.81. The predicted octanol–water partition coefficient (Wildman–Crippen LogP) is 2.10. The van der Waals surface area contributed by atoms with Crippen molar-refractivity contribution in [3.63, 3.8) is 0 Å². The fraction of sp³-hybridized carbons (Fsp3) is 1.00. The molecule has 3 aliphatic rings. The van der Waals surface area contributed by atoms with Gasteiger partial charge in [-0.1, -0.05) is 19.3 Å². The SMILES string of the molecule is CN1CCCC2CN(CC3(O)CCCCC3)CCC21. The minimum atomic E-state index is -0.369. The number of nitrogens with zero attached hydrogens (tertiary/aromatic N) is 2. The maximum absolute atomic E-state index is 10.7. The molecule has 3 fully saturated rings. The molecule has 0 bridgehead atoms. The van der Waals surface area contributed by atoms with Gasteiger partial charge < -0.3 is 14.9 Å². The monoisotopic (exact) mass is 266 g/mol. The van der Waals surface area contributed by atoms with Crippen molar-refractivity contribution in [3.05, 3.63) is 0 Å². The second-order valence-electron chi connectivity index (χ2n) is 7.26. The zero-order valence-electron chi connectivity index (χ0n) is 12.5. The minimum Gasteiger partial charge on any atom is -0.389 e. The fourth-order valence-corrected chi connectivity index (χ4v) is 4.66. The lowest BCUT2D eigenvalue weighted by Gasteiger charge is -2.48. The summed E-state index contributed by atoms with van der Waals surface area (Å²) in [6.45, 7) is 4.62. The van der Waals surface area contributed by atoms with Gasteiger partial charge in [-0.25, -0.2) is 0 Å². The molecule has 3 nitrogen and oxygen atoms in total. The summed E-state index contributed by atoms with van der Waals surface area (Å²) in [5.41, 5.74) is -0.369. The van der Waals surface area contributed by atoms with Crippen LogP contribution < -0.4 is 0 Å². The normalized spacial score (nSPS) is 36.9. The molecular weight excluding hydrogens is 236 g/mol. The van der Waals surface area contributed by atoms with E-state index in [0.717, 1.165) is 31.3 Å². The Labute approximate surface area is 118 Å². The molecule has 110 valence electrons. The number of aliphatic hydroxyl groups is 1. The van der Waals surface area contributed by atoms with Crippen LogP contribution in [0.1, 0.15) is 51.4 Å². The van der Waals surface area contributed by atoms with Gasteiger partial charge in [-0.05, 0) is 58.2 Å². The number of piperidine rings is 2. The quantitative estimate of drug-likeness (QED) is 0.829. The Morgan fingerprint density at radius 1 is 1.05 bits per heavy atom. The van der Waals surface area contributed by atoms with E-state index < -0.39 is 0 Å². The van der Waals surface area contributed by atoms with Gasteiger partial charge in [-0.15, -0.1) is 0 Å². The average Bonchev–Trinajstić information content (AvgIpc) is 2.39. The smallest absolute Gasteiger partial charge is 0.0774 e. The van der Waals surface area contributed by atoms with E-state index in [4.69, 9.17) is 0 Å². The Bertz CT molecular complexity index is 301. The topological polar surface area (TPSA) is 26.7 Å². The summed E-state index contributed by atoms with van der Waals surface area (Å²) in [6, 6.07) is 0.811. The molecule has 0 aromatic rings. The zero-order valence-corrected chi connectivity index (χ0v) is 12.5. The number of hydrogen-bond donors (Lipinski definition) is 1. The first-order valence-electron chi connectivity index (χ1n) is 8.31. The third-order valence-electron chi connectivity index (χ3n) is 5.73. The van der Waals surface area contributed by atoms with Crippen molar-refractivity contribution in [1.82, 2.24) is 9.80 Å². The van der Waals surface area contributed by atoms with E-state index in [2.05, 4.69) is 16.8 Å². The summed E-state index contributed by atoms with van der Waals surface area (Å²) in [6.07, 6.45) is 9.86. The van der Waals surface area contributed by atoms with Crippen molar-refractivity contribution in [2.75, 3.05) is 33.2 Å². The standard InChI is InChI=1S/C16H30N2O/c1-17-10-5-6-14-12-18(11-7-15(14)17)13-16(19)8-3-2-4-9-16/h14-15,19H,2-13H2,1H3. The molecule has 2 unspecified atom stereocenters. The zero-order chi connectivity index (χ0) is 13.3. The summed E-state index contributed by atoms with van der Waals surface area (Å²) in [7, 11) is 2.29. The van der Waals surface area contributed by atoms with E-state index in [1.807, 2.05) is 0 Å². The van der Waals surface area contributed by atoms with Crippen LogP contribution in [0.25, 0.3) is 0 Å². The van der Waals surface area contributed by atoms with Crippen molar-refractivity contribution < 1.29 is 5.11 Å². The van der Waals surface area contributed by atoms with Crippen LogP contribution in [-0.2, 0) is 0 Å². The van der Waals surface area contributed by atoms with E-state index in [-0.39, 0.29) is 5.60 Å². The summed E-state index contributed by atoms with van der Waals surface area (Å²) >= 11 is 0. The molecule has 1 aliphatic carbocycles. The Balaban J connectivity index is 1.55. The van der Waals surface area contributed by atoms with Crippen LogP contribution in [-0.4, -0.2) is 59.8 Å². The van der Waals surface area contributed by atoms with Gasteiger partial charge in [-0.3, -0.25) is 0 Å². The molecule has 0 aromatic carbocycles. The second kappa shape index (κ2) is 5.71. The van der Waals surface area contributed by atoms with Gasteiger partial charge in [0, 0.05) is 19.1 Å². The summed E-state index contributed by atoms with van der Waals surface area (Å²) in [4.78, 5) is 5.13. The number of fused-ring (bicyclic) bond motifs is 1. The Morgan fingerprint density at radius 3 is 2.63 bits per heavy atom. The third kappa shape index (κ3) is 3.14. The van der Waals surface area contributed by atoms with Gasteiger partial charge in [-0.2, -0.15) is 0 Å². The molecule has 2 saturated heterocycles. The average molecular weight is 266 g/mol. The lowest BCUT2D eigenvalue weighted by Crippen LogP contribution is -2.55. The van der Waals surface area contributed by atoms with Crippen molar-refractivity contribution >= 4 is 0 Å². The van der Waals surface area contributed by atoms with Crippen molar-refractivity contribution in [3.8, 4) is 0 Å². The molecule has 0 spiro atoms. The third-order valence-corrected chi connectivity index (χ3v) is 5.73. The van der Waals surface area contributed by atoms with Gasteiger partial charge >= 0.3 is 0 Å². The molecule has 1 saturated carbocycles. The van der Waals surface area contributed by atoms with Crippen LogP contribution in [0.15, 0.2) is 0 Å². The van der Waals surface area contributed by atoms with Crippen molar-refractivity contribution in [2.45, 2.75) is 63.0 Å². The lowest BCUT2D eigenvalue weighted by molar-refractivity contribution is -0.0482. The number of rotatable bonds is 2. The van der Waals surface area contributed by atoms with Gasteiger partial charge in [0.1, 0.15) is 0 Å². The van der Waals surface area contributed by atoms with E-state index >= 15 is 0 Å². The minimum absolute atomic E-state index is 0.369. The molecule has 0 amide bonds. The first kappa shape index (κ1) is 13.8. The summed E-state index contributed by atoms with van der Waals surface area (Å²) in [5.74, 6) is 0.847. The highest BCUT2D eigenvalue weighted by Crippen LogP contribution is 2.33. The first-order valence-corrected chi connectivity index (χ1v) is 8.31. The predicted molar refractivity (Wildman–Crippen MR) is 78.2 cm³/mol. The van der Waals surface area contributed by atoms with Crippen LogP contribution in [0.2, 0.25) is 0 Å². The van der Waals surface area contributed by atoms with Crippen LogP contribution >= 0.6 is 0 Å². The van der Waals surface area contributed by atoms with Gasteiger partial charge in [0.15, 0.2) is 0 Å². The highest BCUT2D eigenvalue weighted by molar-refractivity contribution is 4.92. The Hall–Kier alpha value is -0.120. The number of β-amino-alcohol motifs (C(OH)–C–C–N with tert-alkyl or cyclic N) is 1. The number of hydrogen-bond acceptors (Lipinski definition) is 3. The molecule has 3 heteroatoms. The van der Waals surface area contributed by atoms with E-state index in [1.54, 1.807) is 0 Å². The van der Waals surface area contributed by atoms with E-state index in [9.17, 15) is 5.11 Å². The van der Waals surface area contributed by atoms with Gasteiger partial charge in [0.05, 0.1) is 5.60 Å². The molecule has 3 rings (SSSR count). The molecule has 19 heavy (non-hydrogen) atoms. The molecule has 2 atom stereocenters. The number of likely N-dealkylation sites (tertiary alicyclic amines) is 2. The van der Waals surface area contributed by atoms with Gasteiger partial charge in [0.2, 0.25) is 0 Å². The van der Waals surface area contributed by atoms with E-state index in [1.165, 1.54) is 58.2 Å². The second-order valence-corrected chi connectivity index (χ2v) is 7.26.